The normalized spacial score (nSPS) is 12.1. The molecule has 0 radical (unpaired) electrons. The third-order valence-corrected chi connectivity index (χ3v) is 4.17. The molecule has 0 heterocycles. The highest BCUT2D eigenvalue weighted by atomic mass is 19.1. The van der Waals surface area contributed by atoms with Gasteiger partial charge in [-0.2, -0.15) is 0 Å². The van der Waals surface area contributed by atoms with Gasteiger partial charge in [-0.3, -0.25) is 4.79 Å². The number of unbranched alkanes of at least 4 members (excludes halogenated alkanes) is 4. The van der Waals surface area contributed by atoms with Gasteiger partial charge < -0.3 is 20.5 Å². The molecule has 6 heteroatoms. The highest BCUT2D eigenvalue weighted by Gasteiger charge is 2.09. The van der Waals surface area contributed by atoms with Gasteiger partial charge in [0.2, 0.25) is 0 Å². The van der Waals surface area contributed by atoms with Crippen molar-refractivity contribution in [3.05, 3.63) is 29.6 Å². The first kappa shape index (κ1) is 22.4. The Bertz CT molecular complexity index is 526. The van der Waals surface area contributed by atoms with E-state index in [0.717, 1.165) is 57.2 Å². The van der Waals surface area contributed by atoms with E-state index in [2.05, 4.69) is 17.6 Å². The largest absolute Gasteiger partial charge is 0.491 e. The van der Waals surface area contributed by atoms with Crippen molar-refractivity contribution in [3.63, 3.8) is 0 Å². The number of carboxylic acid groups (broad SMARTS) is 1. The van der Waals surface area contributed by atoms with Gasteiger partial charge in [-0.25, -0.2) is 4.39 Å². The zero-order chi connectivity index (χ0) is 19.2. The molecule has 5 nitrogen and oxygen atoms in total. The van der Waals surface area contributed by atoms with Gasteiger partial charge in [0.15, 0.2) is 11.6 Å². The Morgan fingerprint density at radius 1 is 1.19 bits per heavy atom. The van der Waals surface area contributed by atoms with E-state index >= 15 is 0 Å². The molecule has 0 spiro atoms. The number of aliphatic carboxylic acids is 1. The van der Waals surface area contributed by atoms with Crippen LogP contribution in [0, 0.1) is 5.82 Å². The van der Waals surface area contributed by atoms with Crippen molar-refractivity contribution >= 4 is 5.97 Å². The molecule has 0 aliphatic heterocycles. The number of carboxylic acids is 1. The SMILES string of the molecule is CCCOc1cc([C@H](C)NCCCCCCCNCC(=O)O)ccc1F. The topological polar surface area (TPSA) is 70.6 Å². The molecule has 0 aromatic heterocycles. The minimum atomic E-state index is -0.810. The van der Waals surface area contributed by atoms with E-state index < -0.39 is 5.97 Å². The summed E-state index contributed by atoms with van der Waals surface area (Å²) in [5, 5.41) is 14.9. The summed E-state index contributed by atoms with van der Waals surface area (Å²) in [6.07, 6.45) is 6.36. The number of nitrogens with one attached hydrogen (secondary N) is 2. The summed E-state index contributed by atoms with van der Waals surface area (Å²) in [6, 6.07) is 5.21. The van der Waals surface area contributed by atoms with E-state index in [-0.39, 0.29) is 18.4 Å². The predicted molar refractivity (Wildman–Crippen MR) is 102 cm³/mol. The van der Waals surface area contributed by atoms with Crippen LogP contribution < -0.4 is 15.4 Å². The van der Waals surface area contributed by atoms with E-state index in [0.29, 0.717) is 12.4 Å². The van der Waals surface area contributed by atoms with Crippen molar-refractivity contribution in [2.75, 3.05) is 26.2 Å². The van der Waals surface area contributed by atoms with E-state index in [1.54, 1.807) is 12.1 Å². The maximum Gasteiger partial charge on any atom is 0.317 e. The standard InChI is InChI=1S/C20H33FN2O3/c1-3-13-26-19-14-17(9-10-18(19)21)16(2)23-12-8-6-4-5-7-11-22-15-20(24)25/h9-10,14,16,22-23H,3-8,11-13,15H2,1-2H3,(H,24,25)/t16-/m0/s1. The van der Waals surface area contributed by atoms with Crippen molar-refractivity contribution in [3.8, 4) is 5.75 Å². The number of carbonyl (C=O) groups is 1. The number of rotatable bonds is 15. The van der Waals surface area contributed by atoms with E-state index in [1.165, 1.54) is 6.07 Å². The van der Waals surface area contributed by atoms with Crippen LogP contribution in [0.2, 0.25) is 0 Å². The van der Waals surface area contributed by atoms with Crippen LogP contribution in [0.25, 0.3) is 0 Å². The number of ether oxygens (including phenoxy) is 1. The minimum Gasteiger partial charge on any atom is -0.491 e. The molecule has 3 N–H and O–H groups in total. The van der Waals surface area contributed by atoms with Crippen LogP contribution in [0.15, 0.2) is 18.2 Å². The fourth-order valence-electron chi connectivity index (χ4n) is 2.65. The van der Waals surface area contributed by atoms with Gasteiger partial charge in [0.05, 0.1) is 13.2 Å². The highest BCUT2D eigenvalue weighted by molar-refractivity contribution is 5.68. The average molecular weight is 368 g/mol. The number of benzene rings is 1. The second-order valence-corrected chi connectivity index (χ2v) is 6.55. The molecular weight excluding hydrogens is 335 g/mol. The maximum absolute atomic E-state index is 13.7. The van der Waals surface area contributed by atoms with Crippen LogP contribution in [0.1, 0.15) is 64.0 Å². The molecule has 1 aromatic carbocycles. The van der Waals surface area contributed by atoms with Gasteiger partial charge in [0.25, 0.3) is 0 Å². The number of hydrogen-bond donors (Lipinski definition) is 3. The molecule has 148 valence electrons. The van der Waals surface area contributed by atoms with Gasteiger partial charge in [0.1, 0.15) is 0 Å². The molecule has 0 aliphatic rings. The second kappa shape index (κ2) is 13.5. The monoisotopic (exact) mass is 368 g/mol. The summed E-state index contributed by atoms with van der Waals surface area (Å²) >= 11 is 0. The molecule has 1 atom stereocenters. The molecule has 26 heavy (non-hydrogen) atoms. The second-order valence-electron chi connectivity index (χ2n) is 6.55. The Kier molecular flexibility index (Phi) is 11.6. The lowest BCUT2D eigenvalue weighted by molar-refractivity contribution is -0.135. The summed E-state index contributed by atoms with van der Waals surface area (Å²) < 4.78 is 19.2. The van der Waals surface area contributed by atoms with E-state index in [4.69, 9.17) is 9.84 Å². The highest BCUT2D eigenvalue weighted by Crippen LogP contribution is 2.23. The van der Waals surface area contributed by atoms with Gasteiger partial charge in [-0.1, -0.05) is 32.3 Å². The van der Waals surface area contributed by atoms with Crippen molar-refractivity contribution in [1.29, 1.82) is 0 Å². The molecule has 0 saturated heterocycles. The first-order valence-corrected chi connectivity index (χ1v) is 9.62. The van der Waals surface area contributed by atoms with Gasteiger partial charge in [0, 0.05) is 6.04 Å². The Hall–Kier alpha value is -1.66. The molecule has 1 aromatic rings. The molecule has 0 fully saturated rings. The Morgan fingerprint density at radius 2 is 1.88 bits per heavy atom. The van der Waals surface area contributed by atoms with Gasteiger partial charge in [-0.05, 0) is 57.0 Å². The van der Waals surface area contributed by atoms with Crippen molar-refractivity contribution in [2.24, 2.45) is 0 Å². The van der Waals surface area contributed by atoms with Crippen LogP contribution in [-0.2, 0) is 4.79 Å². The van der Waals surface area contributed by atoms with Crippen LogP contribution in [-0.4, -0.2) is 37.3 Å². The van der Waals surface area contributed by atoms with Crippen molar-refractivity contribution < 1.29 is 19.0 Å². The van der Waals surface area contributed by atoms with E-state index in [1.807, 2.05) is 6.92 Å². The molecule has 0 saturated carbocycles. The molecule has 0 unspecified atom stereocenters. The number of halogens is 1. The first-order chi connectivity index (χ1) is 12.5. The van der Waals surface area contributed by atoms with Crippen molar-refractivity contribution in [1.82, 2.24) is 10.6 Å². The third kappa shape index (κ3) is 9.73. The zero-order valence-electron chi connectivity index (χ0n) is 16.0. The van der Waals surface area contributed by atoms with Crippen LogP contribution in [0.4, 0.5) is 4.39 Å². The minimum absolute atomic E-state index is 0.0381. The van der Waals surface area contributed by atoms with Crippen LogP contribution in [0.5, 0.6) is 5.75 Å². The summed E-state index contributed by atoms with van der Waals surface area (Å²) in [5.41, 5.74) is 1.03. The molecular formula is C20H33FN2O3. The van der Waals surface area contributed by atoms with Crippen LogP contribution in [0.3, 0.4) is 0 Å². The lowest BCUT2D eigenvalue weighted by atomic mass is 10.1. The van der Waals surface area contributed by atoms with Crippen LogP contribution >= 0.6 is 0 Å². The summed E-state index contributed by atoms with van der Waals surface area (Å²) in [5.74, 6) is -0.794. The number of hydrogen-bond acceptors (Lipinski definition) is 4. The smallest absolute Gasteiger partial charge is 0.317 e. The molecule has 1 rings (SSSR count). The molecule has 0 amide bonds. The Labute approximate surface area is 156 Å². The van der Waals surface area contributed by atoms with Gasteiger partial charge >= 0.3 is 5.97 Å². The third-order valence-electron chi connectivity index (χ3n) is 4.17. The average Bonchev–Trinajstić information content (AvgIpc) is 2.62. The first-order valence-electron chi connectivity index (χ1n) is 9.62. The summed E-state index contributed by atoms with van der Waals surface area (Å²) in [7, 11) is 0. The predicted octanol–water partition coefficient (Wildman–Crippen LogP) is 3.89. The fourth-order valence-corrected chi connectivity index (χ4v) is 2.65. The summed E-state index contributed by atoms with van der Waals surface area (Å²) in [6.45, 7) is 6.31. The lowest BCUT2D eigenvalue weighted by Crippen LogP contribution is -2.23. The molecule has 0 bridgehead atoms. The maximum atomic E-state index is 13.7. The Balaban J connectivity index is 2.14. The zero-order valence-corrected chi connectivity index (χ0v) is 16.0. The van der Waals surface area contributed by atoms with Gasteiger partial charge in [-0.15, -0.1) is 0 Å². The van der Waals surface area contributed by atoms with Crippen molar-refractivity contribution in [2.45, 2.75) is 58.4 Å². The van der Waals surface area contributed by atoms with E-state index in [9.17, 15) is 9.18 Å². The Morgan fingerprint density at radius 3 is 2.58 bits per heavy atom. The summed E-state index contributed by atoms with van der Waals surface area (Å²) in [4.78, 5) is 10.4. The molecule has 0 aliphatic carbocycles. The fraction of sp³-hybridized carbons (Fsp3) is 0.650. The lowest BCUT2D eigenvalue weighted by Gasteiger charge is -2.16. The quantitative estimate of drug-likeness (QED) is 0.410.